The van der Waals surface area contributed by atoms with E-state index in [1.165, 1.54) is 24.0 Å². The van der Waals surface area contributed by atoms with Crippen LogP contribution in [0.3, 0.4) is 0 Å². The lowest BCUT2D eigenvalue weighted by Crippen LogP contribution is -2.26. The van der Waals surface area contributed by atoms with Crippen LogP contribution in [0.1, 0.15) is 30.9 Å². The second-order valence-electron chi connectivity index (χ2n) is 4.75. The van der Waals surface area contributed by atoms with Crippen LogP contribution in [0.25, 0.3) is 0 Å². The summed E-state index contributed by atoms with van der Waals surface area (Å²) in [5, 5.41) is 3.46. The highest BCUT2D eigenvalue weighted by molar-refractivity contribution is 5.42. The predicted molar refractivity (Wildman–Crippen MR) is 67.2 cm³/mol. The number of rotatable bonds is 5. The Morgan fingerprint density at radius 1 is 1.38 bits per heavy atom. The summed E-state index contributed by atoms with van der Waals surface area (Å²) in [4.78, 5) is 0. The van der Waals surface area contributed by atoms with Gasteiger partial charge in [-0.2, -0.15) is 0 Å². The lowest BCUT2D eigenvalue weighted by atomic mass is 9.94. The quantitative estimate of drug-likeness (QED) is 0.822. The van der Waals surface area contributed by atoms with Crippen molar-refractivity contribution in [2.45, 2.75) is 32.1 Å². The van der Waals surface area contributed by atoms with E-state index in [4.69, 9.17) is 4.74 Å². The normalized spacial score (nSPS) is 17.2. The maximum absolute atomic E-state index is 5.39. The van der Waals surface area contributed by atoms with Crippen molar-refractivity contribution >= 4 is 0 Å². The van der Waals surface area contributed by atoms with Crippen LogP contribution in [0.4, 0.5) is 0 Å². The topological polar surface area (TPSA) is 21.3 Å². The maximum atomic E-state index is 5.39. The minimum Gasteiger partial charge on any atom is -0.496 e. The van der Waals surface area contributed by atoms with E-state index in [0.717, 1.165) is 18.8 Å². The van der Waals surface area contributed by atoms with Crippen molar-refractivity contribution in [2.75, 3.05) is 20.2 Å². The van der Waals surface area contributed by atoms with Gasteiger partial charge in [-0.1, -0.05) is 19.1 Å². The minimum absolute atomic E-state index is 0.386. The van der Waals surface area contributed by atoms with Crippen molar-refractivity contribution in [3.05, 3.63) is 29.3 Å². The van der Waals surface area contributed by atoms with Gasteiger partial charge in [0, 0.05) is 12.0 Å². The monoisotopic (exact) mass is 219 g/mol. The van der Waals surface area contributed by atoms with Gasteiger partial charge < -0.3 is 10.1 Å². The summed E-state index contributed by atoms with van der Waals surface area (Å²) in [5.41, 5.74) is 3.03. The molecule has 88 valence electrons. The van der Waals surface area contributed by atoms with Gasteiger partial charge in [-0.05, 0) is 43.5 Å². The van der Waals surface area contributed by atoms with E-state index in [1.54, 1.807) is 7.11 Å². The number of nitrogens with one attached hydrogen (secondary N) is 1. The second-order valence-corrected chi connectivity index (χ2v) is 4.75. The highest BCUT2D eigenvalue weighted by Gasteiger charge is 2.43. The summed E-state index contributed by atoms with van der Waals surface area (Å²) >= 11 is 0. The van der Waals surface area contributed by atoms with Crippen LogP contribution in [0.2, 0.25) is 0 Å². The first-order chi connectivity index (χ1) is 7.72. The molecule has 1 aromatic rings. The van der Waals surface area contributed by atoms with E-state index in [1.807, 2.05) is 0 Å². The van der Waals surface area contributed by atoms with Gasteiger partial charge in [0.25, 0.3) is 0 Å². The average molecular weight is 219 g/mol. The van der Waals surface area contributed by atoms with Crippen molar-refractivity contribution in [1.29, 1.82) is 0 Å². The summed E-state index contributed by atoms with van der Waals surface area (Å²) in [5.74, 6) is 1.01. The van der Waals surface area contributed by atoms with Gasteiger partial charge in [0.15, 0.2) is 0 Å². The molecular weight excluding hydrogens is 198 g/mol. The lowest BCUT2D eigenvalue weighted by Gasteiger charge is -2.17. The molecule has 0 radical (unpaired) electrons. The summed E-state index contributed by atoms with van der Waals surface area (Å²) in [6.07, 6.45) is 2.60. The molecule has 1 N–H and O–H groups in total. The number of ether oxygens (including phenoxy) is 1. The van der Waals surface area contributed by atoms with Gasteiger partial charge in [-0.15, -0.1) is 0 Å². The van der Waals surface area contributed by atoms with E-state index in [-0.39, 0.29) is 0 Å². The molecule has 2 nitrogen and oxygen atoms in total. The average Bonchev–Trinajstić information content (AvgIpc) is 3.08. The molecule has 2 rings (SSSR count). The molecule has 0 bridgehead atoms. The number of likely N-dealkylation sites (N-methyl/N-ethyl adjacent to an activating group) is 1. The van der Waals surface area contributed by atoms with E-state index >= 15 is 0 Å². The molecule has 0 saturated heterocycles. The Balaban J connectivity index is 2.20. The third-order valence-electron chi connectivity index (χ3n) is 3.59. The molecule has 1 fully saturated rings. The van der Waals surface area contributed by atoms with Crippen LogP contribution in [-0.4, -0.2) is 20.2 Å². The molecule has 1 aromatic carbocycles. The summed E-state index contributed by atoms with van der Waals surface area (Å²) < 4.78 is 5.39. The van der Waals surface area contributed by atoms with Crippen LogP contribution < -0.4 is 10.1 Å². The first kappa shape index (κ1) is 11.5. The van der Waals surface area contributed by atoms with Crippen LogP contribution in [-0.2, 0) is 5.41 Å². The van der Waals surface area contributed by atoms with Gasteiger partial charge in [0.1, 0.15) is 5.75 Å². The fourth-order valence-electron chi connectivity index (χ4n) is 2.23. The van der Waals surface area contributed by atoms with Gasteiger partial charge in [0.05, 0.1) is 7.11 Å². The van der Waals surface area contributed by atoms with Crippen molar-refractivity contribution in [3.63, 3.8) is 0 Å². The largest absolute Gasteiger partial charge is 0.496 e. The van der Waals surface area contributed by atoms with E-state index in [9.17, 15) is 0 Å². The molecule has 1 aliphatic rings. The minimum atomic E-state index is 0.386. The predicted octanol–water partition coefficient (Wildman–Crippen LogP) is 2.64. The van der Waals surface area contributed by atoms with Gasteiger partial charge in [-0.25, -0.2) is 0 Å². The Hall–Kier alpha value is -1.02. The van der Waals surface area contributed by atoms with E-state index in [0.29, 0.717) is 5.41 Å². The van der Waals surface area contributed by atoms with Gasteiger partial charge >= 0.3 is 0 Å². The van der Waals surface area contributed by atoms with Crippen LogP contribution >= 0.6 is 0 Å². The molecule has 0 spiro atoms. The van der Waals surface area contributed by atoms with Gasteiger partial charge in [0.2, 0.25) is 0 Å². The Morgan fingerprint density at radius 3 is 2.69 bits per heavy atom. The Morgan fingerprint density at radius 2 is 2.12 bits per heavy atom. The van der Waals surface area contributed by atoms with Crippen molar-refractivity contribution in [3.8, 4) is 5.75 Å². The van der Waals surface area contributed by atoms with Crippen molar-refractivity contribution in [1.82, 2.24) is 5.32 Å². The maximum Gasteiger partial charge on any atom is 0.122 e. The highest BCUT2D eigenvalue weighted by atomic mass is 16.5. The fourth-order valence-corrected chi connectivity index (χ4v) is 2.23. The number of methoxy groups -OCH3 is 1. The molecule has 1 aliphatic carbocycles. The molecule has 0 unspecified atom stereocenters. The molecule has 0 aromatic heterocycles. The summed E-state index contributed by atoms with van der Waals surface area (Å²) in [6.45, 7) is 6.39. The second kappa shape index (κ2) is 4.46. The van der Waals surface area contributed by atoms with Crippen LogP contribution in [0, 0.1) is 6.92 Å². The Kier molecular flexibility index (Phi) is 3.20. The standard InChI is InChI=1S/C14H21NO/c1-4-15-10-14(7-8-14)12-6-5-11(2)13(9-12)16-3/h5-6,9,15H,4,7-8,10H2,1-3H3. The first-order valence-electron chi connectivity index (χ1n) is 6.08. The lowest BCUT2D eigenvalue weighted by molar-refractivity contribution is 0.410. The number of hydrogen-bond acceptors (Lipinski definition) is 2. The molecule has 0 amide bonds. The fraction of sp³-hybridized carbons (Fsp3) is 0.571. The third kappa shape index (κ3) is 2.07. The molecule has 0 atom stereocenters. The Bertz CT molecular complexity index is 369. The Labute approximate surface area is 98.0 Å². The van der Waals surface area contributed by atoms with Crippen molar-refractivity contribution in [2.24, 2.45) is 0 Å². The van der Waals surface area contributed by atoms with E-state index in [2.05, 4.69) is 37.4 Å². The van der Waals surface area contributed by atoms with Crippen LogP contribution in [0.5, 0.6) is 5.75 Å². The first-order valence-corrected chi connectivity index (χ1v) is 6.08. The zero-order valence-electron chi connectivity index (χ0n) is 10.5. The number of hydrogen-bond donors (Lipinski definition) is 1. The molecular formula is C14H21NO. The smallest absolute Gasteiger partial charge is 0.122 e. The molecule has 2 heteroatoms. The summed E-state index contributed by atoms with van der Waals surface area (Å²) in [7, 11) is 1.75. The van der Waals surface area contributed by atoms with Crippen LogP contribution in [0.15, 0.2) is 18.2 Å². The molecule has 0 heterocycles. The number of benzene rings is 1. The number of aryl methyl sites for hydroxylation is 1. The third-order valence-corrected chi connectivity index (χ3v) is 3.59. The molecule has 16 heavy (non-hydrogen) atoms. The zero-order valence-corrected chi connectivity index (χ0v) is 10.5. The summed E-state index contributed by atoms with van der Waals surface area (Å²) in [6, 6.07) is 6.63. The van der Waals surface area contributed by atoms with Gasteiger partial charge in [-0.3, -0.25) is 0 Å². The highest BCUT2D eigenvalue weighted by Crippen LogP contribution is 2.48. The zero-order chi connectivity index (χ0) is 11.6. The van der Waals surface area contributed by atoms with E-state index < -0.39 is 0 Å². The molecule has 1 saturated carbocycles. The van der Waals surface area contributed by atoms with Crippen molar-refractivity contribution < 1.29 is 4.74 Å². The molecule has 0 aliphatic heterocycles. The SMILES string of the molecule is CCNCC1(c2ccc(C)c(OC)c2)CC1.